The third-order valence-electron chi connectivity index (χ3n) is 5.36. The molecule has 0 bridgehead atoms. The van der Waals surface area contributed by atoms with E-state index in [2.05, 4.69) is 52.8 Å². The third kappa shape index (κ3) is 8.60. The van der Waals surface area contributed by atoms with Crippen LogP contribution in [-0.4, -0.2) is 11.1 Å². The second-order valence-corrected chi connectivity index (χ2v) is 8.29. The van der Waals surface area contributed by atoms with Crippen molar-refractivity contribution in [3.63, 3.8) is 0 Å². The first-order chi connectivity index (χ1) is 12.7. The quantitative estimate of drug-likeness (QED) is 0.263. The largest absolute Gasteiger partial charge is 0.478 e. The van der Waals surface area contributed by atoms with E-state index in [0.29, 0.717) is 11.8 Å². The maximum Gasteiger partial charge on any atom is 0.328 e. The molecule has 27 heavy (non-hydrogen) atoms. The van der Waals surface area contributed by atoms with Gasteiger partial charge in [-0.1, -0.05) is 81.2 Å². The summed E-state index contributed by atoms with van der Waals surface area (Å²) < 4.78 is 0. The summed E-state index contributed by atoms with van der Waals surface area (Å²) in [4.78, 5) is 10.7. The maximum atomic E-state index is 10.7. The van der Waals surface area contributed by atoms with Gasteiger partial charge in [0.05, 0.1) is 0 Å². The number of allylic oxidation sites excluding steroid dienone is 9. The van der Waals surface area contributed by atoms with Crippen LogP contribution in [0.1, 0.15) is 73.6 Å². The summed E-state index contributed by atoms with van der Waals surface area (Å²) in [5, 5.41) is 8.78. The van der Waals surface area contributed by atoms with Crippen LogP contribution in [0.5, 0.6) is 0 Å². The maximum absolute atomic E-state index is 10.7. The SMILES string of the molecule is CC[C@H](C)C1=CCC\C(=C/C(C)=C\C=C\C(C)=C\C(=O)O)C1CCC(C)C. The zero-order valence-electron chi connectivity index (χ0n) is 18.1. The molecule has 2 heteroatoms. The lowest BCUT2D eigenvalue weighted by Gasteiger charge is -2.32. The number of rotatable bonds is 9. The zero-order chi connectivity index (χ0) is 20.4. The van der Waals surface area contributed by atoms with E-state index in [1.54, 1.807) is 18.1 Å². The Morgan fingerprint density at radius 2 is 1.96 bits per heavy atom. The van der Waals surface area contributed by atoms with Gasteiger partial charge in [-0.05, 0) is 56.9 Å². The molecule has 0 fully saturated rings. The molecule has 2 atom stereocenters. The Kier molecular flexibility index (Phi) is 10.1. The van der Waals surface area contributed by atoms with Gasteiger partial charge in [-0.25, -0.2) is 4.79 Å². The van der Waals surface area contributed by atoms with E-state index in [-0.39, 0.29) is 0 Å². The van der Waals surface area contributed by atoms with Gasteiger partial charge < -0.3 is 5.11 Å². The highest BCUT2D eigenvalue weighted by Gasteiger charge is 2.25. The highest BCUT2D eigenvalue weighted by atomic mass is 16.4. The van der Waals surface area contributed by atoms with Crippen molar-refractivity contribution in [1.29, 1.82) is 0 Å². The average molecular weight is 371 g/mol. The van der Waals surface area contributed by atoms with E-state index in [1.807, 2.05) is 12.2 Å². The predicted molar refractivity (Wildman–Crippen MR) is 117 cm³/mol. The standard InChI is InChI=1S/C25H38O2/c1-7-21(6)23-13-9-12-22(24(23)15-14-18(2)3)16-19(4)10-8-11-20(5)17-25(26)27/h8,10-11,13,16-18,21,24H,7,9,12,14-15H2,1-6H3,(H,26,27)/b11-8+,19-10-,20-17+,22-16+/t21-,24?/m0/s1. The highest BCUT2D eigenvalue weighted by Crippen LogP contribution is 2.39. The molecule has 1 N–H and O–H groups in total. The van der Waals surface area contributed by atoms with Crippen molar-refractivity contribution in [3.05, 3.63) is 58.7 Å². The summed E-state index contributed by atoms with van der Waals surface area (Å²) in [5.41, 5.74) is 5.17. The van der Waals surface area contributed by atoms with E-state index >= 15 is 0 Å². The van der Waals surface area contributed by atoms with Crippen molar-refractivity contribution in [2.75, 3.05) is 0 Å². The monoisotopic (exact) mass is 370 g/mol. The fourth-order valence-corrected chi connectivity index (χ4v) is 3.68. The molecule has 0 saturated heterocycles. The van der Waals surface area contributed by atoms with Crippen LogP contribution in [0.3, 0.4) is 0 Å². The summed E-state index contributed by atoms with van der Waals surface area (Å²) in [6.07, 6.45) is 17.9. The minimum atomic E-state index is -0.903. The molecule has 1 rings (SSSR count). The molecule has 0 amide bonds. The van der Waals surface area contributed by atoms with Gasteiger partial charge in [-0.2, -0.15) is 0 Å². The number of hydrogen-bond acceptors (Lipinski definition) is 1. The van der Waals surface area contributed by atoms with Gasteiger partial charge in [0.25, 0.3) is 0 Å². The van der Waals surface area contributed by atoms with Crippen molar-refractivity contribution < 1.29 is 9.90 Å². The Morgan fingerprint density at radius 3 is 2.56 bits per heavy atom. The van der Waals surface area contributed by atoms with Crippen LogP contribution in [0.2, 0.25) is 0 Å². The minimum absolute atomic E-state index is 0.581. The van der Waals surface area contributed by atoms with Crippen LogP contribution in [-0.2, 0) is 4.79 Å². The molecule has 0 heterocycles. The Bertz CT molecular complexity index is 641. The Labute approximate surface area is 166 Å². The molecule has 0 aromatic heterocycles. The van der Waals surface area contributed by atoms with Crippen LogP contribution in [0.25, 0.3) is 0 Å². The van der Waals surface area contributed by atoms with Crippen molar-refractivity contribution >= 4 is 5.97 Å². The zero-order valence-corrected chi connectivity index (χ0v) is 18.1. The van der Waals surface area contributed by atoms with E-state index in [9.17, 15) is 4.79 Å². The molecule has 1 aliphatic rings. The van der Waals surface area contributed by atoms with E-state index in [1.165, 1.54) is 30.9 Å². The summed E-state index contributed by atoms with van der Waals surface area (Å²) in [6, 6.07) is 0. The van der Waals surface area contributed by atoms with Gasteiger partial charge in [0, 0.05) is 12.0 Å². The van der Waals surface area contributed by atoms with Gasteiger partial charge in [0.2, 0.25) is 0 Å². The predicted octanol–water partition coefficient (Wildman–Crippen LogP) is 7.26. The molecule has 0 spiro atoms. The molecule has 0 aromatic rings. The number of carbonyl (C=O) groups is 1. The third-order valence-corrected chi connectivity index (χ3v) is 5.36. The summed E-state index contributed by atoms with van der Waals surface area (Å²) >= 11 is 0. The number of carboxylic acids is 1. The van der Waals surface area contributed by atoms with Gasteiger partial charge >= 0.3 is 5.97 Å². The normalized spacial score (nSPS) is 21.8. The number of carboxylic acid groups (broad SMARTS) is 1. The second-order valence-electron chi connectivity index (χ2n) is 8.29. The first-order valence-electron chi connectivity index (χ1n) is 10.4. The molecule has 150 valence electrons. The van der Waals surface area contributed by atoms with Crippen molar-refractivity contribution in [1.82, 2.24) is 0 Å². The molecule has 2 nitrogen and oxygen atoms in total. The Balaban J connectivity index is 3.01. The molecular weight excluding hydrogens is 332 g/mol. The van der Waals surface area contributed by atoms with Crippen LogP contribution < -0.4 is 0 Å². The lowest BCUT2D eigenvalue weighted by atomic mass is 9.74. The number of hydrogen-bond donors (Lipinski definition) is 1. The Hall–Kier alpha value is -1.83. The van der Waals surface area contributed by atoms with E-state index in [0.717, 1.165) is 24.3 Å². The summed E-state index contributed by atoms with van der Waals surface area (Å²) in [5.74, 6) is 1.06. The lowest BCUT2D eigenvalue weighted by molar-refractivity contribution is -0.131. The van der Waals surface area contributed by atoms with Gasteiger partial charge in [0.1, 0.15) is 0 Å². The fraction of sp³-hybridized carbons (Fsp3) is 0.560. The summed E-state index contributed by atoms with van der Waals surface area (Å²) in [7, 11) is 0. The van der Waals surface area contributed by atoms with Crippen molar-refractivity contribution in [3.8, 4) is 0 Å². The van der Waals surface area contributed by atoms with Crippen LogP contribution >= 0.6 is 0 Å². The molecule has 1 aliphatic carbocycles. The topological polar surface area (TPSA) is 37.3 Å². The summed E-state index contributed by atoms with van der Waals surface area (Å²) in [6.45, 7) is 13.2. The van der Waals surface area contributed by atoms with E-state index in [4.69, 9.17) is 5.11 Å². The van der Waals surface area contributed by atoms with Crippen LogP contribution in [0.4, 0.5) is 0 Å². The molecule has 1 unspecified atom stereocenters. The smallest absolute Gasteiger partial charge is 0.328 e. The van der Waals surface area contributed by atoms with Gasteiger partial charge in [0.15, 0.2) is 0 Å². The molecule has 0 aromatic carbocycles. The van der Waals surface area contributed by atoms with Gasteiger partial charge in [-0.15, -0.1) is 0 Å². The molecule has 0 aliphatic heterocycles. The highest BCUT2D eigenvalue weighted by molar-refractivity contribution is 5.81. The lowest BCUT2D eigenvalue weighted by Crippen LogP contribution is -2.18. The van der Waals surface area contributed by atoms with E-state index < -0.39 is 5.97 Å². The average Bonchev–Trinajstić information content (AvgIpc) is 2.58. The second kappa shape index (κ2) is 11.8. The Morgan fingerprint density at radius 1 is 1.26 bits per heavy atom. The van der Waals surface area contributed by atoms with Crippen molar-refractivity contribution in [2.45, 2.75) is 73.6 Å². The fourth-order valence-electron chi connectivity index (χ4n) is 3.68. The van der Waals surface area contributed by atoms with Crippen LogP contribution in [0.15, 0.2) is 58.7 Å². The van der Waals surface area contributed by atoms with Crippen molar-refractivity contribution in [2.24, 2.45) is 17.8 Å². The first kappa shape index (κ1) is 23.2. The number of aliphatic carboxylic acids is 1. The molecule has 0 radical (unpaired) electrons. The molecular formula is C25H38O2. The van der Waals surface area contributed by atoms with Crippen LogP contribution in [0, 0.1) is 17.8 Å². The minimum Gasteiger partial charge on any atom is -0.478 e. The first-order valence-corrected chi connectivity index (χ1v) is 10.4. The molecule has 0 saturated carbocycles. The van der Waals surface area contributed by atoms with Gasteiger partial charge in [-0.3, -0.25) is 0 Å².